The van der Waals surface area contributed by atoms with Gasteiger partial charge in [0.05, 0.1) is 6.20 Å². The molecule has 0 amide bonds. The first-order valence-corrected chi connectivity index (χ1v) is 7.95. The van der Waals surface area contributed by atoms with Crippen LogP contribution in [0.25, 0.3) is 0 Å². The average Bonchev–Trinajstić information content (AvgIpc) is 2.77. The summed E-state index contributed by atoms with van der Waals surface area (Å²) in [5, 5.41) is 0. The number of hydrogen-bond acceptors (Lipinski definition) is 4. The highest BCUT2D eigenvalue weighted by Gasteiger charge is 2.20. The molecule has 1 N–H and O–H groups in total. The quantitative estimate of drug-likeness (QED) is 0.942. The van der Waals surface area contributed by atoms with Gasteiger partial charge in [0.1, 0.15) is 5.82 Å². The fraction of sp³-hybridized carbons (Fsp3) is 0.182. The maximum Gasteiger partial charge on any atom is 0.252 e. The fourth-order valence-corrected chi connectivity index (χ4v) is 4.02. The van der Waals surface area contributed by atoms with Crippen molar-refractivity contribution in [3.63, 3.8) is 0 Å². The molecule has 102 valence electrons. The first-order valence-electron chi connectivity index (χ1n) is 5.27. The molecule has 0 aliphatic heterocycles. The maximum absolute atomic E-state index is 12.8. The van der Waals surface area contributed by atoms with E-state index in [4.69, 9.17) is 11.6 Å². The molecule has 1 heterocycles. The topological polar surface area (TPSA) is 59.1 Å². The predicted octanol–water partition coefficient (Wildman–Crippen LogP) is 2.98. The van der Waals surface area contributed by atoms with Crippen molar-refractivity contribution in [3.8, 4) is 0 Å². The fourth-order valence-electron chi connectivity index (χ4n) is 1.47. The molecule has 19 heavy (non-hydrogen) atoms. The van der Waals surface area contributed by atoms with Gasteiger partial charge in [0, 0.05) is 6.04 Å². The molecular weight excluding hydrogens is 311 g/mol. The minimum atomic E-state index is -3.67. The van der Waals surface area contributed by atoms with Crippen molar-refractivity contribution in [1.82, 2.24) is 9.71 Å². The Bertz CT molecular complexity index is 670. The second kappa shape index (κ2) is 5.54. The van der Waals surface area contributed by atoms with Gasteiger partial charge in [0.15, 0.2) is 8.68 Å². The normalized spacial score (nSPS) is 13.4. The molecule has 0 saturated carbocycles. The third-order valence-electron chi connectivity index (χ3n) is 2.42. The summed E-state index contributed by atoms with van der Waals surface area (Å²) in [6, 6.07) is 5.14. The molecule has 0 saturated heterocycles. The Labute approximate surface area is 119 Å². The number of sulfonamides is 1. The van der Waals surface area contributed by atoms with E-state index in [1.54, 1.807) is 6.92 Å². The minimum Gasteiger partial charge on any atom is -0.232 e. The Morgan fingerprint density at radius 1 is 1.37 bits per heavy atom. The van der Waals surface area contributed by atoms with Gasteiger partial charge in [0.2, 0.25) is 0 Å². The second-order valence-electron chi connectivity index (χ2n) is 3.83. The highest BCUT2D eigenvalue weighted by Crippen LogP contribution is 2.24. The third kappa shape index (κ3) is 3.50. The van der Waals surface area contributed by atoms with E-state index in [1.807, 2.05) is 0 Å². The van der Waals surface area contributed by atoms with Crippen LogP contribution in [0.4, 0.5) is 4.39 Å². The van der Waals surface area contributed by atoms with Gasteiger partial charge in [0.25, 0.3) is 10.0 Å². The van der Waals surface area contributed by atoms with Crippen molar-refractivity contribution in [2.24, 2.45) is 0 Å². The number of rotatable bonds is 4. The van der Waals surface area contributed by atoms with Gasteiger partial charge in [-0.05, 0) is 24.6 Å². The van der Waals surface area contributed by atoms with Crippen LogP contribution in [0.3, 0.4) is 0 Å². The van der Waals surface area contributed by atoms with E-state index >= 15 is 0 Å². The number of hydrogen-bond donors (Lipinski definition) is 1. The summed E-state index contributed by atoms with van der Waals surface area (Å²) < 4.78 is 39.5. The highest BCUT2D eigenvalue weighted by molar-refractivity contribution is 7.91. The van der Waals surface area contributed by atoms with Gasteiger partial charge in [-0.2, -0.15) is 0 Å². The molecule has 4 nitrogen and oxygen atoms in total. The van der Waals surface area contributed by atoms with Crippen LogP contribution >= 0.6 is 22.9 Å². The van der Waals surface area contributed by atoms with Crippen molar-refractivity contribution in [2.75, 3.05) is 0 Å². The van der Waals surface area contributed by atoms with E-state index in [1.165, 1.54) is 30.5 Å². The van der Waals surface area contributed by atoms with E-state index in [-0.39, 0.29) is 14.5 Å². The summed E-state index contributed by atoms with van der Waals surface area (Å²) >= 11 is 6.49. The summed E-state index contributed by atoms with van der Waals surface area (Å²) in [6.45, 7) is 1.67. The highest BCUT2D eigenvalue weighted by atomic mass is 35.5. The number of aromatic nitrogens is 1. The lowest BCUT2D eigenvalue weighted by Crippen LogP contribution is -2.26. The first-order chi connectivity index (χ1) is 8.88. The second-order valence-corrected chi connectivity index (χ2v) is 7.38. The predicted molar refractivity (Wildman–Crippen MR) is 72.3 cm³/mol. The molecule has 1 atom stereocenters. The molecule has 1 aromatic carbocycles. The van der Waals surface area contributed by atoms with Crippen molar-refractivity contribution < 1.29 is 12.8 Å². The Morgan fingerprint density at radius 3 is 2.53 bits per heavy atom. The van der Waals surface area contributed by atoms with Gasteiger partial charge in [-0.15, -0.1) is 0 Å². The van der Waals surface area contributed by atoms with Crippen LogP contribution in [0, 0.1) is 5.82 Å². The molecule has 1 aromatic heterocycles. The van der Waals surface area contributed by atoms with Crippen LogP contribution in [0.2, 0.25) is 4.47 Å². The van der Waals surface area contributed by atoms with E-state index in [2.05, 4.69) is 9.71 Å². The van der Waals surface area contributed by atoms with Crippen LogP contribution in [0.1, 0.15) is 18.5 Å². The van der Waals surface area contributed by atoms with Crippen molar-refractivity contribution >= 4 is 33.0 Å². The Morgan fingerprint density at radius 2 is 2.00 bits per heavy atom. The molecule has 8 heteroatoms. The zero-order valence-electron chi connectivity index (χ0n) is 9.80. The molecule has 2 aromatic rings. The van der Waals surface area contributed by atoms with Gasteiger partial charge in [-0.1, -0.05) is 35.1 Å². The molecule has 0 fully saturated rings. The molecule has 0 spiro atoms. The Kier molecular flexibility index (Phi) is 4.19. The van der Waals surface area contributed by atoms with E-state index in [0.717, 1.165) is 11.3 Å². The smallest absolute Gasteiger partial charge is 0.232 e. The van der Waals surface area contributed by atoms with E-state index in [9.17, 15) is 12.8 Å². The molecule has 0 bridgehead atoms. The lowest BCUT2D eigenvalue weighted by Gasteiger charge is -2.13. The molecule has 0 radical (unpaired) electrons. The summed E-state index contributed by atoms with van der Waals surface area (Å²) in [7, 11) is -3.67. The first kappa shape index (κ1) is 14.4. The number of thiazole rings is 1. The number of nitrogens with zero attached hydrogens (tertiary/aromatic N) is 1. The van der Waals surface area contributed by atoms with Gasteiger partial charge >= 0.3 is 0 Å². The van der Waals surface area contributed by atoms with Crippen LogP contribution < -0.4 is 4.72 Å². The summed E-state index contributed by atoms with van der Waals surface area (Å²) in [6.07, 6.45) is 1.20. The van der Waals surface area contributed by atoms with Crippen molar-refractivity contribution in [3.05, 3.63) is 46.3 Å². The summed E-state index contributed by atoms with van der Waals surface area (Å²) in [5.41, 5.74) is 0.667. The van der Waals surface area contributed by atoms with E-state index < -0.39 is 16.1 Å². The largest absolute Gasteiger partial charge is 0.252 e. The van der Waals surface area contributed by atoms with Crippen LogP contribution in [-0.4, -0.2) is 13.4 Å². The van der Waals surface area contributed by atoms with Crippen molar-refractivity contribution in [2.45, 2.75) is 17.2 Å². The summed E-state index contributed by atoms with van der Waals surface area (Å²) in [4.78, 5) is 3.69. The van der Waals surface area contributed by atoms with Crippen LogP contribution in [0.5, 0.6) is 0 Å². The van der Waals surface area contributed by atoms with Crippen LogP contribution in [-0.2, 0) is 10.0 Å². The van der Waals surface area contributed by atoms with Crippen molar-refractivity contribution in [1.29, 1.82) is 0 Å². The molecule has 0 aliphatic carbocycles. The number of benzene rings is 1. The lowest BCUT2D eigenvalue weighted by atomic mass is 10.1. The third-order valence-corrected chi connectivity index (χ3v) is 5.54. The SMILES string of the molecule is CC(NS(=O)(=O)c1cnc(Cl)s1)c1ccc(F)cc1. The zero-order chi connectivity index (χ0) is 14.0. The van der Waals surface area contributed by atoms with Crippen LogP contribution in [0.15, 0.2) is 34.7 Å². The number of halogens is 2. The Balaban J connectivity index is 2.18. The molecular formula is C11H10ClFN2O2S2. The van der Waals surface area contributed by atoms with E-state index in [0.29, 0.717) is 5.56 Å². The maximum atomic E-state index is 12.8. The van der Waals surface area contributed by atoms with Gasteiger partial charge < -0.3 is 0 Å². The minimum absolute atomic E-state index is 0.0476. The lowest BCUT2D eigenvalue weighted by molar-refractivity contribution is 0.568. The molecule has 2 rings (SSSR count). The molecule has 0 aliphatic rings. The van der Waals surface area contributed by atoms with Gasteiger partial charge in [-0.25, -0.2) is 22.5 Å². The average molecular weight is 321 g/mol. The van der Waals surface area contributed by atoms with Gasteiger partial charge in [-0.3, -0.25) is 0 Å². The number of nitrogens with one attached hydrogen (secondary N) is 1. The standard InChI is InChI=1S/C11H10ClFN2O2S2/c1-7(8-2-4-9(13)5-3-8)15-19(16,17)10-6-14-11(12)18-10/h2-7,15H,1H3. The molecule has 1 unspecified atom stereocenters. The summed E-state index contributed by atoms with van der Waals surface area (Å²) in [5.74, 6) is -0.368. The monoisotopic (exact) mass is 320 g/mol. The zero-order valence-corrected chi connectivity index (χ0v) is 12.2. The Hall–Kier alpha value is -1.02.